The lowest BCUT2D eigenvalue weighted by Crippen LogP contribution is -2.32. The summed E-state index contributed by atoms with van der Waals surface area (Å²) in [4.78, 5) is 12.7. The van der Waals surface area contributed by atoms with Crippen LogP contribution in [0.4, 0.5) is 11.4 Å². The second kappa shape index (κ2) is 7.21. The Morgan fingerprint density at radius 2 is 2.00 bits per heavy atom. The predicted octanol–water partition coefficient (Wildman–Crippen LogP) is 2.25. The van der Waals surface area contributed by atoms with Crippen LogP contribution < -0.4 is 4.90 Å². The summed E-state index contributed by atoms with van der Waals surface area (Å²) in [5, 5.41) is 29.7. The largest absolute Gasteiger partial charge is 0.396 e. The summed E-state index contributed by atoms with van der Waals surface area (Å²) in [6.07, 6.45) is -0.194. The van der Waals surface area contributed by atoms with Crippen molar-refractivity contribution in [1.29, 1.82) is 0 Å². The van der Waals surface area contributed by atoms with Crippen LogP contribution in [0.5, 0.6) is 0 Å². The summed E-state index contributed by atoms with van der Waals surface area (Å²) >= 11 is 0. The van der Waals surface area contributed by atoms with Crippen LogP contribution >= 0.6 is 0 Å². The normalized spacial score (nSPS) is 12.5. The molecule has 0 saturated carbocycles. The number of rotatable bonds is 7. The zero-order chi connectivity index (χ0) is 15.3. The van der Waals surface area contributed by atoms with Crippen molar-refractivity contribution in [2.75, 3.05) is 18.1 Å². The number of nitro benzene ring substituents is 1. The van der Waals surface area contributed by atoms with Crippen molar-refractivity contribution in [2.24, 2.45) is 0 Å². The molecule has 0 heterocycles. The van der Waals surface area contributed by atoms with Gasteiger partial charge in [-0.3, -0.25) is 10.1 Å². The monoisotopic (exact) mass is 282 g/mol. The molecule has 0 aromatic heterocycles. The summed E-state index contributed by atoms with van der Waals surface area (Å²) in [5.74, 6) is 0. The molecule has 0 aliphatic rings. The number of nitrogens with zero attached hydrogens (tertiary/aromatic N) is 2. The highest BCUT2D eigenvalue weighted by atomic mass is 16.6. The van der Waals surface area contributed by atoms with Crippen LogP contribution in [0.2, 0.25) is 0 Å². The Kier molecular flexibility index (Phi) is 5.91. The molecule has 0 radical (unpaired) electrons. The average molecular weight is 282 g/mol. The van der Waals surface area contributed by atoms with E-state index in [-0.39, 0.29) is 18.3 Å². The number of anilines is 1. The molecule has 2 N–H and O–H groups in total. The highest BCUT2D eigenvalue weighted by molar-refractivity contribution is 5.65. The fourth-order valence-corrected chi connectivity index (χ4v) is 2.09. The van der Waals surface area contributed by atoms with Crippen LogP contribution in [-0.4, -0.2) is 34.3 Å². The van der Waals surface area contributed by atoms with Crippen molar-refractivity contribution in [3.63, 3.8) is 0 Å². The maximum atomic E-state index is 11.2. The van der Waals surface area contributed by atoms with E-state index in [1.165, 1.54) is 6.07 Å². The second-order valence-corrected chi connectivity index (χ2v) is 5.05. The van der Waals surface area contributed by atoms with Crippen molar-refractivity contribution in [2.45, 2.75) is 39.3 Å². The first-order valence-electron chi connectivity index (χ1n) is 6.72. The number of aliphatic hydroxyl groups is 2. The molecule has 0 aliphatic carbocycles. The second-order valence-electron chi connectivity index (χ2n) is 5.05. The Labute approximate surface area is 118 Å². The zero-order valence-corrected chi connectivity index (χ0v) is 12.1. The molecule has 6 nitrogen and oxygen atoms in total. The van der Waals surface area contributed by atoms with E-state index in [0.29, 0.717) is 24.2 Å². The zero-order valence-electron chi connectivity index (χ0n) is 12.1. The third-order valence-electron chi connectivity index (χ3n) is 3.17. The third-order valence-corrected chi connectivity index (χ3v) is 3.17. The summed E-state index contributed by atoms with van der Waals surface area (Å²) in [6.45, 7) is 6.06. The molecule has 20 heavy (non-hydrogen) atoms. The molecule has 0 aliphatic heterocycles. The van der Waals surface area contributed by atoms with Gasteiger partial charge in [-0.25, -0.2) is 0 Å². The summed E-state index contributed by atoms with van der Waals surface area (Å²) < 4.78 is 0. The minimum atomic E-state index is -0.743. The highest BCUT2D eigenvalue weighted by Gasteiger charge is 2.22. The van der Waals surface area contributed by atoms with E-state index in [1.54, 1.807) is 19.1 Å². The number of aliphatic hydroxyl groups excluding tert-OH is 2. The first-order valence-corrected chi connectivity index (χ1v) is 6.72. The maximum absolute atomic E-state index is 11.2. The molecule has 0 fully saturated rings. The van der Waals surface area contributed by atoms with Gasteiger partial charge in [0.1, 0.15) is 5.69 Å². The molecule has 112 valence electrons. The molecule has 0 saturated heterocycles. The summed E-state index contributed by atoms with van der Waals surface area (Å²) in [7, 11) is 0. The van der Waals surface area contributed by atoms with Gasteiger partial charge in [0, 0.05) is 25.3 Å². The molecule has 0 bridgehead atoms. The fraction of sp³-hybridized carbons (Fsp3) is 0.571. The van der Waals surface area contributed by atoms with Crippen molar-refractivity contribution in [1.82, 2.24) is 0 Å². The van der Waals surface area contributed by atoms with Gasteiger partial charge in [-0.2, -0.15) is 0 Å². The average Bonchev–Trinajstić information content (AvgIpc) is 2.38. The van der Waals surface area contributed by atoms with Crippen molar-refractivity contribution >= 4 is 11.4 Å². The highest BCUT2D eigenvalue weighted by Crippen LogP contribution is 2.32. The maximum Gasteiger partial charge on any atom is 0.292 e. The quantitative estimate of drug-likeness (QED) is 0.591. The van der Waals surface area contributed by atoms with E-state index in [9.17, 15) is 15.2 Å². The van der Waals surface area contributed by atoms with Gasteiger partial charge in [0.05, 0.1) is 11.0 Å². The number of hydrogen-bond donors (Lipinski definition) is 2. The van der Waals surface area contributed by atoms with E-state index in [4.69, 9.17) is 5.11 Å². The first kappa shape index (κ1) is 16.4. The Morgan fingerprint density at radius 1 is 1.35 bits per heavy atom. The summed E-state index contributed by atoms with van der Waals surface area (Å²) in [5.41, 5.74) is 1.02. The Hall–Kier alpha value is -1.66. The lowest BCUT2D eigenvalue weighted by atomic mass is 10.1. The SMILES string of the molecule is CC(O)c1ccc(N(CCCO)C(C)C)c([N+](=O)[O-])c1. The van der Waals surface area contributed by atoms with Crippen molar-refractivity contribution in [3.8, 4) is 0 Å². The molecule has 1 atom stereocenters. The van der Waals surface area contributed by atoms with Crippen LogP contribution in [0.25, 0.3) is 0 Å². The molecule has 1 aromatic carbocycles. The van der Waals surface area contributed by atoms with Gasteiger partial charge in [-0.15, -0.1) is 0 Å². The van der Waals surface area contributed by atoms with E-state index >= 15 is 0 Å². The van der Waals surface area contributed by atoms with Gasteiger partial charge in [0.25, 0.3) is 5.69 Å². The minimum Gasteiger partial charge on any atom is -0.396 e. The van der Waals surface area contributed by atoms with Gasteiger partial charge in [-0.1, -0.05) is 6.07 Å². The van der Waals surface area contributed by atoms with Gasteiger partial charge < -0.3 is 15.1 Å². The molecule has 1 unspecified atom stereocenters. The van der Waals surface area contributed by atoms with Crippen LogP contribution in [0.15, 0.2) is 18.2 Å². The summed E-state index contributed by atoms with van der Waals surface area (Å²) in [6, 6.07) is 4.85. The Balaban J connectivity index is 3.22. The van der Waals surface area contributed by atoms with Gasteiger partial charge >= 0.3 is 0 Å². The lowest BCUT2D eigenvalue weighted by molar-refractivity contribution is -0.384. The molecule has 1 rings (SSSR count). The van der Waals surface area contributed by atoms with Crippen LogP contribution in [-0.2, 0) is 0 Å². The van der Waals surface area contributed by atoms with Crippen molar-refractivity contribution in [3.05, 3.63) is 33.9 Å². The van der Waals surface area contributed by atoms with Crippen LogP contribution in [0.1, 0.15) is 38.9 Å². The van der Waals surface area contributed by atoms with E-state index in [1.807, 2.05) is 18.7 Å². The molecule has 0 spiro atoms. The molecule has 1 aromatic rings. The van der Waals surface area contributed by atoms with Crippen LogP contribution in [0.3, 0.4) is 0 Å². The van der Waals surface area contributed by atoms with Gasteiger partial charge in [0.15, 0.2) is 0 Å². The Bertz CT molecular complexity index is 460. The first-order chi connectivity index (χ1) is 9.38. The van der Waals surface area contributed by atoms with Crippen molar-refractivity contribution < 1.29 is 15.1 Å². The van der Waals surface area contributed by atoms with Crippen LogP contribution in [0, 0.1) is 10.1 Å². The molecular weight excluding hydrogens is 260 g/mol. The molecule has 0 amide bonds. The Morgan fingerprint density at radius 3 is 2.45 bits per heavy atom. The fourth-order valence-electron chi connectivity index (χ4n) is 2.09. The van der Waals surface area contributed by atoms with Gasteiger partial charge in [0.2, 0.25) is 0 Å². The molecular formula is C14H22N2O4. The topological polar surface area (TPSA) is 86.8 Å². The lowest BCUT2D eigenvalue weighted by Gasteiger charge is -2.28. The van der Waals surface area contributed by atoms with E-state index in [2.05, 4.69) is 0 Å². The third kappa shape index (κ3) is 3.91. The number of hydrogen-bond acceptors (Lipinski definition) is 5. The molecule has 6 heteroatoms. The standard InChI is InChI=1S/C14H22N2O4/c1-10(2)15(7-4-8-17)13-6-5-12(11(3)18)9-14(13)16(19)20/h5-6,9-11,17-18H,4,7-8H2,1-3H3. The smallest absolute Gasteiger partial charge is 0.292 e. The minimum absolute atomic E-state index is 0.0185. The number of benzene rings is 1. The van der Waals surface area contributed by atoms with E-state index in [0.717, 1.165) is 0 Å². The van der Waals surface area contributed by atoms with Gasteiger partial charge in [-0.05, 0) is 38.8 Å². The predicted molar refractivity (Wildman–Crippen MR) is 77.9 cm³/mol. The van der Waals surface area contributed by atoms with E-state index < -0.39 is 11.0 Å². The number of nitro groups is 1.